The SMILES string of the molecule is CC(C)CN1C[C@@H]2CCN(C(=O)c3cn(C)c4ccccc34)CC[C@H]2S1(=O)=O. The van der Waals surface area contributed by atoms with Crippen LogP contribution in [0.5, 0.6) is 0 Å². The maximum absolute atomic E-state index is 13.2. The van der Waals surface area contributed by atoms with Gasteiger partial charge in [-0.25, -0.2) is 12.7 Å². The van der Waals surface area contributed by atoms with Gasteiger partial charge < -0.3 is 9.47 Å². The lowest BCUT2D eigenvalue weighted by atomic mass is 10.0. The van der Waals surface area contributed by atoms with Crippen LogP contribution in [0.4, 0.5) is 0 Å². The predicted molar refractivity (Wildman–Crippen MR) is 111 cm³/mol. The number of aromatic nitrogens is 1. The summed E-state index contributed by atoms with van der Waals surface area (Å²) in [5, 5.41) is 0.603. The Morgan fingerprint density at radius 3 is 2.64 bits per heavy atom. The highest BCUT2D eigenvalue weighted by molar-refractivity contribution is 7.90. The molecule has 0 aliphatic carbocycles. The van der Waals surface area contributed by atoms with Crippen molar-refractivity contribution in [1.29, 1.82) is 0 Å². The van der Waals surface area contributed by atoms with Crippen LogP contribution in [0.3, 0.4) is 0 Å². The van der Waals surface area contributed by atoms with Crippen LogP contribution in [0.15, 0.2) is 30.5 Å². The summed E-state index contributed by atoms with van der Waals surface area (Å²) in [5.41, 5.74) is 1.74. The molecule has 3 heterocycles. The average Bonchev–Trinajstić information content (AvgIpc) is 2.98. The van der Waals surface area contributed by atoms with Crippen LogP contribution in [0.25, 0.3) is 10.9 Å². The van der Waals surface area contributed by atoms with E-state index in [0.29, 0.717) is 44.1 Å². The Kier molecular flexibility index (Phi) is 5.00. The summed E-state index contributed by atoms with van der Waals surface area (Å²) in [5.74, 6) is 0.448. The maximum atomic E-state index is 13.2. The van der Waals surface area contributed by atoms with Crippen molar-refractivity contribution in [3.05, 3.63) is 36.0 Å². The van der Waals surface area contributed by atoms with E-state index >= 15 is 0 Å². The third-order valence-corrected chi connectivity index (χ3v) is 8.55. The summed E-state index contributed by atoms with van der Waals surface area (Å²) in [6.07, 6.45) is 3.16. The number of aryl methyl sites for hydroxylation is 1. The molecular formula is C21H29N3O3S. The van der Waals surface area contributed by atoms with E-state index in [9.17, 15) is 13.2 Å². The van der Waals surface area contributed by atoms with E-state index in [-0.39, 0.29) is 17.1 Å². The van der Waals surface area contributed by atoms with Gasteiger partial charge in [0.1, 0.15) is 0 Å². The van der Waals surface area contributed by atoms with Gasteiger partial charge in [0.05, 0.1) is 10.8 Å². The number of amides is 1. The van der Waals surface area contributed by atoms with Gasteiger partial charge in [-0.1, -0.05) is 32.0 Å². The molecule has 2 saturated heterocycles. The number of benzene rings is 1. The molecular weight excluding hydrogens is 374 g/mol. The van der Waals surface area contributed by atoms with Crippen LogP contribution >= 0.6 is 0 Å². The maximum Gasteiger partial charge on any atom is 0.256 e. The molecule has 0 bridgehead atoms. The minimum atomic E-state index is -3.26. The number of sulfonamides is 1. The second-order valence-corrected chi connectivity index (χ2v) is 10.7. The highest BCUT2D eigenvalue weighted by atomic mass is 32.2. The molecule has 2 atom stereocenters. The first-order valence-corrected chi connectivity index (χ1v) is 11.6. The molecule has 6 nitrogen and oxygen atoms in total. The summed E-state index contributed by atoms with van der Waals surface area (Å²) in [7, 11) is -1.31. The van der Waals surface area contributed by atoms with E-state index < -0.39 is 10.0 Å². The summed E-state index contributed by atoms with van der Waals surface area (Å²) in [6.45, 7) is 6.41. The predicted octanol–water partition coefficient (Wildman–Crippen LogP) is 2.70. The number of fused-ring (bicyclic) bond motifs is 2. The van der Waals surface area contributed by atoms with Gasteiger partial charge in [0.25, 0.3) is 5.91 Å². The van der Waals surface area contributed by atoms with Gasteiger partial charge in [-0.3, -0.25) is 4.79 Å². The van der Waals surface area contributed by atoms with Crippen LogP contribution < -0.4 is 0 Å². The Balaban J connectivity index is 1.54. The highest BCUT2D eigenvalue weighted by Gasteiger charge is 2.47. The summed E-state index contributed by atoms with van der Waals surface area (Å²) < 4.78 is 29.6. The number of carbonyl (C=O) groups excluding carboxylic acids is 1. The molecule has 4 rings (SSSR count). The zero-order valence-electron chi connectivity index (χ0n) is 16.8. The van der Waals surface area contributed by atoms with Crippen molar-refractivity contribution < 1.29 is 13.2 Å². The quantitative estimate of drug-likeness (QED) is 0.792. The van der Waals surface area contributed by atoms with Crippen molar-refractivity contribution in [1.82, 2.24) is 13.8 Å². The van der Waals surface area contributed by atoms with Crippen LogP contribution in [-0.4, -0.2) is 59.5 Å². The monoisotopic (exact) mass is 403 g/mol. The minimum Gasteiger partial charge on any atom is -0.350 e. The number of likely N-dealkylation sites (tertiary alicyclic amines) is 1. The number of para-hydroxylation sites is 1. The van der Waals surface area contributed by atoms with Gasteiger partial charge in [0.2, 0.25) is 10.0 Å². The number of carbonyl (C=O) groups is 1. The van der Waals surface area contributed by atoms with Crippen molar-refractivity contribution in [3.63, 3.8) is 0 Å². The Labute approximate surface area is 167 Å². The molecule has 0 unspecified atom stereocenters. The lowest BCUT2D eigenvalue weighted by Crippen LogP contribution is -2.35. The first-order valence-electron chi connectivity index (χ1n) is 10.1. The molecule has 152 valence electrons. The molecule has 0 spiro atoms. The fourth-order valence-electron chi connectivity index (χ4n) is 4.77. The molecule has 1 aromatic carbocycles. The van der Waals surface area contributed by atoms with Crippen LogP contribution in [0.2, 0.25) is 0 Å². The number of nitrogens with zero attached hydrogens (tertiary/aromatic N) is 3. The second-order valence-electron chi connectivity index (χ2n) is 8.59. The van der Waals surface area contributed by atoms with Crippen molar-refractivity contribution in [3.8, 4) is 0 Å². The smallest absolute Gasteiger partial charge is 0.256 e. The van der Waals surface area contributed by atoms with Gasteiger partial charge in [-0.15, -0.1) is 0 Å². The molecule has 2 aromatic rings. The normalized spacial score (nSPS) is 25.2. The summed E-state index contributed by atoms with van der Waals surface area (Å²) in [4.78, 5) is 15.1. The van der Waals surface area contributed by atoms with E-state index in [0.717, 1.165) is 17.3 Å². The van der Waals surface area contributed by atoms with Crippen molar-refractivity contribution >= 4 is 26.8 Å². The van der Waals surface area contributed by atoms with Crippen molar-refractivity contribution in [2.75, 3.05) is 26.2 Å². The van der Waals surface area contributed by atoms with Gasteiger partial charge in [-0.05, 0) is 30.7 Å². The highest BCUT2D eigenvalue weighted by Crippen LogP contribution is 2.35. The number of rotatable bonds is 3. The first kappa shape index (κ1) is 19.5. The molecule has 1 aromatic heterocycles. The molecule has 28 heavy (non-hydrogen) atoms. The fourth-order valence-corrected chi connectivity index (χ4v) is 7.17. The molecule has 2 aliphatic rings. The molecule has 0 saturated carbocycles. The van der Waals surface area contributed by atoms with E-state index in [1.807, 2.05) is 60.8 Å². The van der Waals surface area contributed by atoms with Gasteiger partial charge in [0.15, 0.2) is 0 Å². The molecule has 7 heteroatoms. The van der Waals surface area contributed by atoms with Gasteiger partial charge in [-0.2, -0.15) is 0 Å². The molecule has 1 amide bonds. The zero-order valence-corrected chi connectivity index (χ0v) is 17.7. The third kappa shape index (κ3) is 3.24. The molecule has 0 N–H and O–H groups in total. The summed E-state index contributed by atoms with van der Waals surface area (Å²) >= 11 is 0. The van der Waals surface area contributed by atoms with Crippen molar-refractivity contribution in [2.24, 2.45) is 18.9 Å². The molecule has 2 aliphatic heterocycles. The van der Waals surface area contributed by atoms with E-state index in [1.165, 1.54) is 0 Å². The van der Waals surface area contributed by atoms with E-state index in [4.69, 9.17) is 0 Å². The summed E-state index contributed by atoms with van der Waals surface area (Å²) in [6, 6.07) is 7.90. The largest absolute Gasteiger partial charge is 0.350 e. The van der Waals surface area contributed by atoms with Crippen molar-refractivity contribution in [2.45, 2.75) is 31.9 Å². The zero-order chi connectivity index (χ0) is 20.1. The second kappa shape index (κ2) is 7.19. The van der Waals surface area contributed by atoms with Crippen LogP contribution in [0.1, 0.15) is 37.0 Å². The van der Waals surface area contributed by atoms with Gasteiger partial charge >= 0.3 is 0 Å². The van der Waals surface area contributed by atoms with E-state index in [2.05, 4.69) is 0 Å². The minimum absolute atomic E-state index is 0.00760. The Morgan fingerprint density at radius 1 is 1.18 bits per heavy atom. The number of hydrogen-bond acceptors (Lipinski definition) is 3. The molecule has 2 fully saturated rings. The number of hydrogen-bond donors (Lipinski definition) is 0. The van der Waals surface area contributed by atoms with Gasteiger partial charge in [0, 0.05) is 50.3 Å². The Bertz CT molecular complexity index is 995. The fraction of sp³-hybridized carbons (Fsp3) is 0.571. The van der Waals surface area contributed by atoms with Crippen LogP contribution in [0, 0.1) is 11.8 Å². The third-order valence-electron chi connectivity index (χ3n) is 6.14. The Morgan fingerprint density at radius 2 is 1.89 bits per heavy atom. The lowest BCUT2D eigenvalue weighted by Gasteiger charge is -2.22. The average molecular weight is 404 g/mol. The van der Waals surface area contributed by atoms with Crippen LogP contribution in [-0.2, 0) is 17.1 Å². The molecule has 0 radical (unpaired) electrons. The Hall–Kier alpha value is -1.86. The van der Waals surface area contributed by atoms with E-state index in [1.54, 1.807) is 4.31 Å². The first-order chi connectivity index (χ1) is 13.3. The lowest BCUT2D eigenvalue weighted by molar-refractivity contribution is 0.0761. The topological polar surface area (TPSA) is 62.6 Å². The standard InChI is InChI=1S/C21H29N3O3S/c1-15(2)12-24-13-16-8-10-23(11-9-20(16)28(24,26)27)21(25)18-14-22(3)19-7-5-4-6-17(18)19/h4-7,14-16,20H,8-13H2,1-3H3/t16-,20+/m0/s1.